The molecule has 1 aliphatic heterocycles. The second-order valence-electron chi connectivity index (χ2n) is 6.39. The number of carbonyl (C=O) groups is 1. The van der Waals surface area contributed by atoms with Crippen LogP contribution in [0, 0.1) is 12.7 Å². The standard InChI is InChI=1S/C20H19FN2O2S/c1-11(2)15-10-16(12(3)8-17(15)24)22-20-23-19(25)18(26-20)9-13-4-6-14(21)7-5-13/h4-11,24H,1-3H3,(H,22,23,25). The fourth-order valence-electron chi connectivity index (χ4n) is 2.58. The number of aryl methyl sites for hydroxylation is 1. The summed E-state index contributed by atoms with van der Waals surface area (Å²) in [7, 11) is 0. The Kier molecular flexibility index (Phi) is 5.13. The number of nitrogens with zero attached hydrogens (tertiary/aromatic N) is 1. The predicted octanol–water partition coefficient (Wildman–Crippen LogP) is 4.85. The quantitative estimate of drug-likeness (QED) is 0.759. The maximum atomic E-state index is 13.0. The lowest BCUT2D eigenvalue weighted by atomic mass is 9.99. The van der Waals surface area contributed by atoms with Crippen LogP contribution >= 0.6 is 11.8 Å². The topological polar surface area (TPSA) is 61.7 Å². The van der Waals surface area contributed by atoms with Crippen LogP contribution in [0.4, 0.5) is 10.1 Å². The van der Waals surface area contributed by atoms with Gasteiger partial charge in [0, 0.05) is 0 Å². The van der Waals surface area contributed by atoms with Gasteiger partial charge in [-0.15, -0.1) is 0 Å². The van der Waals surface area contributed by atoms with Gasteiger partial charge in [0.15, 0.2) is 5.17 Å². The molecule has 1 fully saturated rings. The molecule has 0 atom stereocenters. The Morgan fingerprint density at radius 3 is 2.58 bits per heavy atom. The molecule has 26 heavy (non-hydrogen) atoms. The fourth-order valence-corrected chi connectivity index (χ4v) is 3.42. The van der Waals surface area contributed by atoms with E-state index in [0.717, 1.165) is 16.7 Å². The van der Waals surface area contributed by atoms with E-state index < -0.39 is 0 Å². The van der Waals surface area contributed by atoms with Crippen molar-refractivity contribution in [3.05, 3.63) is 63.8 Å². The smallest absolute Gasteiger partial charge is 0.264 e. The number of benzene rings is 2. The van der Waals surface area contributed by atoms with Crippen molar-refractivity contribution < 1.29 is 14.3 Å². The maximum Gasteiger partial charge on any atom is 0.264 e. The molecule has 0 unspecified atom stereocenters. The normalized spacial score (nSPS) is 17.3. The summed E-state index contributed by atoms with van der Waals surface area (Å²) in [6.45, 7) is 5.85. The Labute approximate surface area is 155 Å². The average Bonchev–Trinajstić information content (AvgIpc) is 2.91. The molecule has 0 aromatic heterocycles. The third-order valence-electron chi connectivity index (χ3n) is 4.01. The molecule has 0 radical (unpaired) electrons. The van der Waals surface area contributed by atoms with Crippen LogP contribution in [0.3, 0.4) is 0 Å². The van der Waals surface area contributed by atoms with E-state index in [2.05, 4.69) is 10.3 Å². The number of amides is 1. The molecule has 4 nitrogen and oxygen atoms in total. The summed E-state index contributed by atoms with van der Waals surface area (Å²) < 4.78 is 13.0. The number of aliphatic imine (C=N–C) groups is 1. The van der Waals surface area contributed by atoms with Crippen molar-refractivity contribution in [2.75, 3.05) is 0 Å². The van der Waals surface area contributed by atoms with E-state index in [4.69, 9.17) is 0 Å². The van der Waals surface area contributed by atoms with Crippen LogP contribution in [-0.2, 0) is 4.79 Å². The number of amidine groups is 1. The molecule has 0 aliphatic carbocycles. The number of nitrogens with one attached hydrogen (secondary N) is 1. The summed E-state index contributed by atoms with van der Waals surface area (Å²) in [6.07, 6.45) is 1.70. The molecular formula is C20H19FN2O2S. The third-order valence-corrected chi connectivity index (χ3v) is 4.92. The first-order chi connectivity index (χ1) is 12.3. The van der Waals surface area contributed by atoms with Crippen LogP contribution in [0.5, 0.6) is 5.75 Å². The number of carbonyl (C=O) groups excluding carboxylic acids is 1. The van der Waals surface area contributed by atoms with Crippen molar-refractivity contribution >= 4 is 34.6 Å². The Hall–Kier alpha value is -2.60. The fraction of sp³-hybridized carbons (Fsp3) is 0.200. The van der Waals surface area contributed by atoms with Gasteiger partial charge in [-0.05, 0) is 71.6 Å². The summed E-state index contributed by atoms with van der Waals surface area (Å²) >= 11 is 1.23. The van der Waals surface area contributed by atoms with E-state index >= 15 is 0 Å². The number of aromatic hydroxyl groups is 1. The van der Waals surface area contributed by atoms with E-state index in [1.165, 1.54) is 23.9 Å². The van der Waals surface area contributed by atoms with Crippen LogP contribution < -0.4 is 5.32 Å². The van der Waals surface area contributed by atoms with Crippen molar-refractivity contribution in [2.45, 2.75) is 26.7 Å². The van der Waals surface area contributed by atoms with Crippen LogP contribution in [0.1, 0.15) is 36.5 Å². The summed E-state index contributed by atoms with van der Waals surface area (Å²) in [5, 5.41) is 13.3. The van der Waals surface area contributed by atoms with Crippen LogP contribution in [0.15, 0.2) is 46.3 Å². The molecule has 2 aromatic carbocycles. The predicted molar refractivity (Wildman–Crippen MR) is 104 cm³/mol. The molecule has 0 spiro atoms. The van der Waals surface area contributed by atoms with Gasteiger partial charge in [-0.25, -0.2) is 9.38 Å². The monoisotopic (exact) mass is 370 g/mol. The molecule has 1 heterocycles. The van der Waals surface area contributed by atoms with E-state index in [0.29, 0.717) is 15.8 Å². The average molecular weight is 370 g/mol. The molecule has 0 bridgehead atoms. The van der Waals surface area contributed by atoms with Gasteiger partial charge < -0.3 is 10.4 Å². The third kappa shape index (κ3) is 3.96. The molecule has 6 heteroatoms. The van der Waals surface area contributed by atoms with Gasteiger partial charge in [0.25, 0.3) is 5.91 Å². The lowest BCUT2D eigenvalue weighted by molar-refractivity contribution is -0.115. The molecule has 1 saturated heterocycles. The van der Waals surface area contributed by atoms with Gasteiger partial charge in [0.05, 0.1) is 10.6 Å². The van der Waals surface area contributed by atoms with Crippen LogP contribution in [0.2, 0.25) is 0 Å². The van der Waals surface area contributed by atoms with Crippen LogP contribution in [-0.4, -0.2) is 16.2 Å². The molecule has 0 saturated carbocycles. The minimum Gasteiger partial charge on any atom is -0.508 e. The second-order valence-corrected chi connectivity index (χ2v) is 7.42. The summed E-state index contributed by atoms with van der Waals surface area (Å²) in [6, 6.07) is 9.47. The number of halogens is 1. The van der Waals surface area contributed by atoms with E-state index in [9.17, 15) is 14.3 Å². The molecule has 3 rings (SSSR count). The first-order valence-corrected chi connectivity index (χ1v) is 9.04. The van der Waals surface area contributed by atoms with Crippen molar-refractivity contribution in [2.24, 2.45) is 4.99 Å². The Morgan fingerprint density at radius 1 is 1.23 bits per heavy atom. The highest BCUT2D eigenvalue weighted by Gasteiger charge is 2.24. The minimum absolute atomic E-state index is 0.161. The molecule has 134 valence electrons. The second kappa shape index (κ2) is 7.33. The Balaban J connectivity index is 1.89. The summed E-state index contributed by atoms with van der Waals surface area (Å²) in [5.41, 5.74) is 3.09. The molecule has 2 aromatic rings. The van der Waals surface area contributed by atoms with Crippen molar-refractivity contribution in [1.29, 1.82) is 0 Å². The van der Waals surface area contributed by atoms with E-state index in [-0.39, 0.29) is 23.4 Å². The zero-order valence-electron chi connectivity index (χ0n) is 14.7. The van der Waals surface area contributed by atoms with Gasteiger partial charge in [0.1, 0.15) is 11.6 Å². The summed E-state index contributed by atoms with van der Waals surface area (Å²) in [5.74, 6) is -0.143. The molecule has 1 aliphatic rings. The highest BCUT2D eigenvalue weighted by Crippen LogP contribution is 2.34. The minimum atomic E-state index is -0.318. The molecular weight excluding hydrogens is 351 g/mol. The number of phenolic OH excluding ortho intramolecular Hbond substituents is 1. The zero-order chi connectivity index (χ0) is 18.8. The number of hydrogen-bond donors (Lipinski definition) is 2. The van der Waals surface area contributed by atoms with Gasteiger partial charge in [-0.3, -0.25) is 4.79 Å². The lowest BCUT2D eigenvalue weighted by Crippen LogP contribution is -2.19. The zero-order valence-corrected chi connectivity index (χ0v) is 15.5. The highest BCUT2D eigenvalue weighted by molar-refractivity contribution is 8.18. The van der Waals surface area contributed by atoms with Gasteiger partial charge in [-0.1, -0.05) is 26.0 Å². The molecule has 2 N–H and O–H groups in total. The highest BCUT2D eigenvalue weighted by atomic mass is 32.2. The van der Waals surface area contributed by atoms with Crippen LogP contribution in [0.25, 0.3) is 6.08 Å². The Morgan fingerprint density at radius 2 is 1.92 bits per heavy atom. The van der Waals surface area contributed by atoms with Crippen molar-refractivity contribution in [1.82, 2.24) is 5.32 Å². The first kappa shape index (κ1) is 18.2. The van der Waals surface area contributed by atoms with E-state index in [1.807, 2.05) is 26.8 Å². The van der Waals surface area contributed by atoms with Gasteiger partial charge in [-0.2, -0.15) is 0 Å². The molecule has 1 amide bonds. The van der Waals surface area contributed by atoms with Crippen molar-refractivity contribution in [3.63, 3.8) is 0 Å². The number of phenols is 1. The number of hydrogen-bond acceptors (Lipinski definition) is 4. The number of thioether (sulfide) groups is 1. The van der Waals surface area contributed by atoms with Crippen molar-refractivity contribution in [3.8, 4) is 5.75 Å². The van der Waals surface area contributed by atoms with E-state index in [1.54, 1.807) is 24.3 Å². The van der Waals surface area contributed by atoms with Gasteiger partial charge >= 0.3 is 0 Å². The maximum absolute atomic E-state index is 13.0. The first-order valence-electron chi connectivity index (χ1n) is 8.22. The number of rotatable bonds is 3. The SMILES string of the molecule is Cc1cc(O)c(C(C)C)cc1N=C1NC(=O)C(=Cc2ccc(F)cc2)S1. The lowest BCUT2D eigenvalue weighted by Gasteiger charge is -2.11. The Bertz CT molecular complexity index is 918. The largest absolute Gasteiger partial charge is 0.508 e. The van der Waals surface area contributed by atoms with Gasteiger partial charge in [0.2, 0.25) is 0 Å². The summed E-state index contributed by atoms with van der Waals surface area (Å²) in [4.78, 5) is 17.2.